The summed E-state index contributed by atoms with van der Waals surface area (Å²) in [6.07, 6.45) is 2.44. The van der Waals surface area contributed by atoms with E-state index in [0.717, 1.165) is 0 Å². The smallest absolute Gasteiger partial charge is 0.305 e. The van der Waals surface area contributed by atoms with E-state index in [-0.39, 0.29) is 5.97 Å². The molecule has 0 radical (unpaired) electrons. The van der Waals surface area contributed by atoms with Crippen LogP contribution < -0.4 is 11.1 Å². The highest BCUT2D eigenvalue weighted by molar-refractivity contribution is 5.98. The summed E-state index contributed by atoms with van der Waals surface area (Å²) in [6.45, 7) is 2.58. The third kappa shape index (κ3) is 3.59. The first-order chi connectivity index (χ1) is 10.1. The van der Waals surface area contributed by atoms with Gasteiger partial charge >= 0.3 is 5.97 Å². The SMILES string of the molecule is CCOC(=O)CCCNc1c(F)cc(N)c2cccnc12. The number of ether oxygens (including phenoxy) is 1. The fraction of sp³-hybridized carbons (Fsp3) is 0.333. The number of carbonyl (C=O) groups excluding carboxylic acids is 1. The molecule has 1 heterocycles. The number of aromatic nitrogens is 1. The maximum atomic E-state index is 14.0. The van der Waals surface area contributed by atoms with Gasteiger partial charge in [-0.2, -0.15) is 0 Å². The zero-order valence-corrected chi connectivity index (χ0v) is 11.9. The molecule has 0 saturated heterocycles. The Hall–Kier alpha value is -2.37. The first-order valence-electron chi connectivity index (χ1n) is 6.85. The number of benzene rings is 1. The number of nitrogens with one attached hydrogen (secondary N) is 1. The summed E-state index contributed by atoms with van der Waals surface area (Å²) < 4.78 is 18.8. The zero-order valence-electron chi connectivity index (χ0n) is 11.9. The minimum Gasteiger partial charge on any atom is -0.466 e. The summed E-state index contributed by atoms with van der Waals surface area (Å²) in [6, 6.07) is 4.82. The summed E-state index contributed by atoms with van der Waals surface area (Å²) in [7, 11) is 0. The number of nitrogens with zero attached hydrogens (tertiary/aromatic N) is 1. The van der Waals surface area contributed by atoms with E-state index in [4.69, 9.17) is 10.5 Å². The van der Waals surface area contributed by atoms with Crippen LogP contribution in [0.1, 0.15) is 19.8 Å². The molecule has 0 aliphatic carbocycles. The van der Waals surface area contributed by atoms with Gasteiger partial charge in [0, 0.05) is 30.2 Å². The Kier molecular flexibility index (Phi) is 4.92. The van der Waals surface area contributed by atoms with E-state index >= 15 is 0 Å². The highest BCUT2D eigenvalue weighted by atomic mass is 19.1. The Morgan fingerprint density at radius 2 is 2.33 bits per heavy atom. The molecular formula is C15H18FN3O2. The Bertz CT molecular complexity index is 646. The second-order valence-corrected chi connectivity index (χ2v) is 4.56. The largest absolute Gasteiger partial charge is 0.466 e. The van der Waals surface area contributed by atoms with Crippen molar-refractivity contribution in [2.45, 2.75) is 19.8 Å². The number of nitrogens with two attached hydrogens (primary N) is 1. The predicted octanol–water partition coefficient (Wildman–Crippen LogP) is 2.71. The number of halogens is 1. The molecule has 0 amide bonds. The van der Waals surface area contributed by atoms with Gasteiger partial charge in [0.15, 0.2) is 5.82 Å². The molecule has 1 aromatic carbocycles. The van der Waals surface area contributed by atoms with Crippen molar-refractivity contribution < 1.29 is 13.9 Å². The Morgan fingerprint density at radius 1 is 1.52 bits per heavy atom. The van der Waals surface area contributed by atoms with Crippen LogP contribution in [0.25, 0.3) is 10.9 Å². The van der Waals surface area contributed by atoms with Crippen LogP contribution >= 0.6 is 0 Å². The van der Waals surface area contributed by atoms with Gasteiger partial charge in [-0.3, -0.25) is 9.78 Å². The number of pyridine rings is 1. The maximum Gasteiger partial charge on any atom is 0.305 e. The van der Waals surface area contributed by atoms with Crippen LogP contribution in [0.5, 0.6) is 0 Å². The summed E-state index contributed by atoms with van der Waals surface area (Å²) in [5.74, 6) is -0.699. The second kappa shape index (κ2) is 6.88. The molecule has 0 bridgehead atoms. The van der Waals surface area contributed by atoms with Crippen LogP contribution in [0, 0.1) is 5.82 Å². The third-order valence-electron chi connectivity index (χ3n) is 3.04. The number of anilines is 2. The fourth-order valence-electron chi connectivity index (χ4n) is 2.08. The van der Waals surface area contributed by atoms with E-state index in [9.17, 15) is 9.18 Å². The Morgan fingerprint density at radius 3 is 3.10 bits per heavy atom. The number of esters is 1. The molecule has 2 aromatic rings. The fourth-order valence-corrected chi connectivity index (χ4v) is 2.08. The lowest BCUT2D eigenvalue weighted by atomic mass is 10.1. The quantitative estimate of drug-likeness (QED) is 0.486. The normalized spacial score (nSPS) is 10.6. The van der Waals surface area contributed by atoms with E-state index in [1.54, 1.807) is 25.3 Å². The monoisotopic (exact) mass is 291 g/mol. The van der Waals surface area contributed by atoms with Crippen molar-refractivity contribution in [2.24, 2.45) is 0 Å². The predicted molar refractivity (Wildman–Crippen MR) is 80.5 cm³/mol. The first kappa shape index (κ1) is 15.0. The highest BCUT2D eigenvalue weighted by Crippen LogP contribution is 2.29. The van der Waals surface area contributed by atoms with E-state index in [1.165, 1.54) is 6.07 Å². The lowest BCUT2D eigenvalue weighted by molar-refractivity contribution is -0.143. The third-order valence-corrected chi connectivity index (χ3v) is 3.04. The Labute approximate surface area is 122 Å². The molecule has 1 aromatic heterocycles. The zero-order chi connectivity index (χ0) is 15.2. The van der Waals surface area contributed by atoms with Gasteiger partial charge in [-0.25, -0.2) is 4.39 Å². The second-order valence-electron chi connectivity index (χ2n) is 4.56. The molecule has 3 N–H and O–H groups in total. The van der Waals surface area contributed by atoms with Crippen LogP contribution in [-0.2, 0) is 9.53 Å². The number of hydrogen-bond acceptors (Lipinski definition) is 5. The lowest BCUT2D eigenvalue weighted by Gasteiger charge is -2.11. The molecular weight excluding hydrogens is 273 g/mol. The van der Waals surface area contributed by atoms with Gasteiger partial charge in [0.25, 0.3) is 0 Å². The summed E-state index contributed by atoms with van der Waals surface area (Å²) in [4.78, 5) is 15.4. The van der Waals surface area contributed by atoms with E-state index < -0.39 is 5.82 Å². The molecule has 5 nitrogen and oxygen atoms in total. The summed E-state index contributed by atoms with van der Waals surface area (Å²) in [5, 5.41) is 3.68. The van der Waals surface area contributed by atoms with Crippen molar-refractivity contribution in [1.82, 2.24) is 4.98 Å². The van der Waals surface area contributed by atoms with Gasteiger partial charge in [-0.05, 0) is 31.5 Å². The minimum absolute atomic E-state index is 0.250. The van der Waals surface area contributed by atoms with Crippen molar-refractivity contribution in [2.75, 3.05) is 24.2 Å². The van der Waals surface area contributed by atoms with Gasteiger partial charge in [-0.1, -0.05) is 0 Å². The number of hydrogen-bond donors (Lipinski definition) is 2. The Balaban J connectivity index is 2.07. The first-order valence-corrected chi connectivity index (χ1v) is 6.85. The van der Waals surface area contributed by atoms with Gasteiger partial charge in [-0.15, -0.1) is 0 Å². The topological polar surface area (TPSA) is 77.2 Å². The molecule has 21 heavy (non-hydrogen) atoms. The molecule has 6 heteroatoms. The van der Waals surface area contributed by atoms with Crippen molar-refractivity contribution >= 4 is 28.2 Å². The molecule has 0 aliphatic heterocycles. The van der Waals surface area contributed by atoms with E-state index in [0.29, 0.717) is 48.3 Å². The molecule has 2 rings (SSSR count). The van der Waals surface area contributed by atoms with Crippen LogP contribution in [-0.4, -0.2) is 24.1 Å². The molecule has 112 valence electrons. The van der Waals surface area contributed by atoms with E-state index in [2.05, 4.69) is 10.3 Å². The molecule has 0 aliphatic rings. The molecule has 0 spiro atoms. The molecule has 0 fully saturated rings. The standard InChI is InChI=1S/C15H18FN3O2/c1-2-21-13(20)6-4-8-19-15-11(16)9-12(17)10-5-3-7-18-14(10)15/h3,5,7,9,19H,2,4,6,8,17H2,1H3. The van der Waals surface area contributed by atoms with Crippen molar-refractivity contribution in [3.63, 3.8) is 0 Å². The van der Waals surface area contributed by atoms with Gasteiger partial charge in [0.05, 0.1) is 17.8 Å². The van der Waals surface area contributed by atoms with Crippen molar-refractivity contribution in [3.8, 4) is 0 Å². The van der Waals surface area contributed by atoms with Crippen molar-refractivity contribution in [3.05, 3.63) is 30.2 Å². The van der Waals surface area contributed by atoms with Crippen LogP contribution in [0.15, 0.2) is 24.4 Å². The summed E-state index contributed by atoms with van der Waals surface area (Å²) in [5.41, 5.74) is 6.94. The van der Waals surface area contributed by atoms with Gasteiger partial charge in [0.2, 0.25) is 0 Å². The van der Waals surface area contributed by atoms with Gasteiger partial charge in [0.1, 0.15) is 0 Å². The highest BCUT2D eigenvalue weighted by Gasteiger charge is 2.11. The van der Waals surface area contributed by atoms with E-state index in [1.807, 2.05) is 0 Å². The average Bonchev–Trinajstić information content (AvgIpc) is 2.46. The minimum atomic E-state index is -0.449. The van der Waals surface area contributed by atoms with Crippen LogP contribution in [0.3, 0.4) is 0 Å². The van der Waals surface area contributed by atoms with Gasteiger partial charge < -0.3 is 15.8 Å². The van der Waals surface area contributed by atoms with Crippen LogP contribution in [0.4, 0.5) is 15.8 Å². The summed E-state index contributed by atoms with van der Waals surface area (Å²) >= 11 is 0. The number of fused-ring (bicyclic) bond motifs is 1. The van der Waals surface area contributed by atoms with Crippen LogP contribution in [0.2, 0.25) is 0 Å². The number of nitrogen functional groups attached to an aromatic ring is 1. The number of carbonyl (C=O) groups is 1. The average molecular weight is 291 g/mol. The molecule has 0 saturated carbocycles. The number of rotatable bonds is 6. The lowest BCUT2D eigenvalue weighted by Crippen LogP contribution is -2.09. The van der Waals surface area contributed by atoms with Crippen molar-refractivity contribution in [1.29, 1.82) is 0 Å². The molecule has 0 unspecified atom stereocenters. The maximum absolute atomic E-state index is 14.0. The molecule has 0 atom stereocenters.